The zero-order valence-corrected chi connectivity index (χ0v) is 34.5. The molecule has 0 atom stereocenters. The van der Waals surface area contributed by atoms with Crippen LogP contribution in [0.1, 0.15) is 22.3 Å². The second-order valence-corrected chi connectivity index (χ2v) is 17.0. The minimum Gasteiger partial charge on any atom is -0.248 e. The SMILES string of the molecule is c1ccc(-c2ccc(-c3cc(-c4ccc(-c5ccc6cc(-c7ccc8c(c7)C7(c9ccccc9-c9ccccc97)c7ccccc7-8)ccc6c5)cc4)c4ccccc4n3)cc2)cc1. The van der Waals surface area contributed by atoms with Crippen molar-refractivity contribution >= 4 is 21.7 Å². The molecule has 0 bridgehead atoms. The minimum atomic E-state index is -0.349. The van der Waals surface area contributed by atoms with Crippen LogP contribution < -0.4 is 0 Å². The first-order valence-corrected chi connectivity index (χ1v) is 21.9. The van der Waals surface area contributed by atoms with Gasteiger partial charge in [0.15, 0.2) is 0 Å². The summed E-state index contributed by atoms with van der Waals surface area (Å²) in [5, 5.41) is 3.61. The molecule has 13 rings (SSSR count). The molecule has 1 aromatic heterocycles. The molecular formula is C62H39N. The molecule has 0 amide bonds. The maximum Gasteiger partial charge on any atom is 0.0725 e. The van der Waals surface area contributed by atoms with Crippen molar-refractivity contribution in [2.75, 3.05) is 0 Å². The van der Waals surface area contributed by atoms with E-state index in [0.717, 1.165) is 22.2 Å². The Morgan fingerprint density at radius 3 is 1.32 bits per heavy atom. The summed E-state index contributed by atoms with van der Waals surface area (Å²) in [6, 6.07) is 87.0. The molecule has 0 N–H and O–H groups in total. The van der Waals surface area contributed by atoms with Crippen molar-refractivity contribution in [2.45, 2.75) is 5.41 Å². The Morgan fingerprint density at radius 2 is 0.683 bits per heavy atom. The van der Waals surface area contributed by atoms with Gasteiger partial charge in [0, 0.05) is 10.9 Å². The molecule has 1 heteroatoms. The van der Waals surface area contributed by atoms with Gasteiger partial charge in [0.25, 0.3) is 0 Å². The van der Waals surface area contributed by atoms with Crippen molar-refractivity contribution in [1.82, 2.24) is 4.98 Å². The third-order valence-corrected chi connectivity index (χ3v) is 13.7. The number of benzene rings is 10. The molecule has 1 nitrogen and oxygen atoms in total. The summed E-state index contributed by atoms with van der Waals surface area (Å²) in [4.78, 5) is 5.11. The second kappa shape index (κ2) is 14.0. The third kappa shape index (κ3) is 5.46. The van der Waals surface area contributed by atoms with E-state index in [0.29, 0.717) is 0 Å². The average molecular weight is 798 g/mol. The van der Waals surface area contributed by atoms with Crippen LogP contribution in [0.5, 0.6) is 0 Å². The van der Waals surface area contributed by atoms with Crippen LogP contribution in [0.2, 0.25) is 0 Å². The van der Waals surface area contributed by atoms with E-state index < -0.39 is 0 Å². The fourth-order valence-corrected chi connectivity index (χ4v) is 10.7. The van der Waals surface area contributed by atoms with E-state index in [1.807, 2.05) is 0 Å². The number of hydrogen-bond donors (Lipinski definition) is 0. The highest BCUT2D eigenvalue weighted by atomic mass is 14.7. The molecule has 2 aliphatic carbocycles. The van der Waals surface area contributed by atoms with Gasteiger partial charge in [-0.3, -0.25) is 0 Å². The van der Waals surface area contributed by atoms with Crippen LogP contribution in [-0.2, 0) is 5.41 Å². The van der Waals surface area contributed by atoms with Gasteiger partial charge >= 0.3 is 0 Å². The number of fused-ring (bicyclic) bond motifs is 12. The van der Waals surface area contributed by atoms with Gasteiger partial charge in [-0.2, -0.15) is 0 Å². The fourth-order valence-electron chi connectivity index (χ4n) is 10.7. The number of hydrogen-bond acceptors (Lipinski definition) is 1. The molecule has 0 saturated heterocycles. The first kappa shape index (κ1) is 35.6. The number of nitrogens with zero attached hydrogens (tertiary/aromatic N) is 1. The monoisotopic (exact) mass is 797 g/mol. The van der Waals surface area contributed by atoms with E-state index in [1.54, 1.807) is 0 Å². The van der Waals surface area contributed by atoms with E-state index in [2.05, 4.69) is 237 Å². The average Bonchev–Trinajstić information content (AvgIpc) is 3.83. The largest absolute Gasteiger partial charge is 0.248 e. The van der Waals surface area contributed by atoms with Crippen LogP contribution in [0.25, 0.3) is 99.7 Å². The Hall–Kier alpha value is -8.13. The van der Waals surface area contributed by atoms with Gasteiger partial charge in [0.2, 0.25) is 0 Å². The molecule has 0 saturated carbocycles. The van der Waals surface area contributed by atoms with Crippen molar-refractivity contribution in [3.63, 3.8) is 0 Å². The van der Waals surface area contributed by atoms with E-state index in [4.69, 9.17) is 4.98 Å². The summed E-state index contributed by atoms with van der Waals surface area (Å²) in [6.07, 6.45) is 0. The van der Waals surface area contributed by atoms with Gasteiger partial charge in [0.05, 0.1) is 16.6 Å². The van der Waals surface area contributed by atoms with Crippen molar-refractivity contribution in [1.29, 1.82) is 0 Å². The Labute approximate surface area is 367 Å². The van der Waals surface area contributed by atoms with E-state index >= 15 is 0 Å². The maximum absolute atomic E-state index is 5.11. The number of aromatic nitrogens is 1. The van der Waals surface area contributed by atoms with Crippen molar-refractivity contribution in [3.05, 3.63) is 259 Å². The fraction of sp³-hybridized carbons (Fsp3) is 0.0161. The molecule has 292 valence electrons. The van der Waals surface area contributed by atoms with Crippen LogP contribution in [0, 0.1) is 0 Å². The highest BCUT2D eigenvalue weighted by Crippen LogP contribution is 2.63. The van der Waals surface area contributed by atoms with Gasteiger partial charge < -0.3 is 0 Å². The zero-order valence-electron chi connectivity index (χ0n) is 34.5. The summed E-state index contributed by atoms with van der Waals surface area (Å²) in [5.41, 5.74) is 23.2. The second-order valence-electron chi connectivity index (χ2n) is 17.0. The van der Waals surface area contributed by atoms with Gasteiger partial charge in [-0.1, -0.05) is 206 Å². The van der Waals surface area contributed by atoms with Crippen LogP contribution in [-0.4, -0.2) is 4.98 Å². The van der Waals surface area contributed by atoms with Crippen LogP contribution in [0.3, 0.4) is 0 Å². The normalized spacial score (nSPS) is 12.9. The number of pyridine rings is 1. The lowest BCUT2D eigenvalue weighted by Crippen LogP contribution is -2.25. The minimum absolute atomic E-state index is 0.349. The standard InChI is InChI=1S/C62H39N/c1-2-12-40(13-3-1)41-24-28-44(29-25-41)61-39-55(54-17-7-11-21-60(54)63-61)43-26-22-42(23-27-43)45-30-31-47-37-48(33-32-46(47)36-45)49-34-35-53-52-16-6-10-20-58(52)62(59(53)38-49)56-18-8-4-14-50(56)51-15-5-9-19-57(51)62/h1-39H. The first-order valence-electron chi connectivity index (χ1n) is 21.9. The summed E-state index contributed by atoms with van der Waals surface area (Å²) >= 11 is 0. The van der Waals surface area contributed by atoms with Crippen LogP contribution in [0.15, 0.2) is 237 Å². The molecule has 0 aliphatic heterocycles. The summed E-state index contributed by atoms with van der Waals surface area (Å²) < 4.78 is 0. The Kier molecular flexibility index (Phi) is 7.89. The van der Waals surface area contributed by atoms with Crippen LogP contribution >= 0.6 is 0 Å². The van der Waals surface area contributed by atoms with Crippen molar-refractivity contribution < 1.29 is 0 Å². The summed E-state index contributed by atoms with van der Waals surface area (Å²) in [7, 11) is 0. The highest BCUT2D eigenvalue weighted by molar-refractivity contribution is 5.99. The van der Waals surface area contributed by atoms with E-state index in [-0.39, 0.29) is 5.41 Å². The predicted molar refractivity (Wildman–Crippen MR) is 263 cm³/mol. The molecule has 11 aromatic rings. The van der Waals surface area contributed by atoms with E-state index in [1.165, 1.54) is 99.8 Å². The van der Waals surface area contributed by atoms with Gasteiger partial charge in [0.1, 0.15) is 0 Å². The van der Waals surface area contributed by atoms with Crippen molar-refractivity contribution in [2.24, 2.45) is 0 Å². The third-order valence-electron chi connectivity index (χ3n) is 13.7. The van der Waals surface area contributed by atoms with Gasteiger partial charge in [-0.05, 0) is 130 Å². The lowest BCUT2D eigenvalue weighted by Gasteiger charge is -2.30. The van der Waals surface area contributed by atoms with E-state index in [9.17, 15) is 0 Å². The quantitative estimate of drug-likeness (QED) is 0.169. The van der Waals surface area contributed by atoms with Gasteiger partial charge in [-0.15, -0.1) is 0 Å². The number of rotatable bonds is 5. The highest BCUT2D eigenvalue weighted by Gasteiger charge is 2.51. The molecule has 2 aliphatic rings. The molecule has 63 heavy (non-hydrogen) atoms. The lowest BCUT2D eigenvalue weighted by molar-refractivity contribution is 0.794. The lowest BCUT2D eigenvalue weighted by atomic mass is 9.70. The smallest absolute Gasteiger partial charge is 0.0725 e. The molecule has 0 radical (unpaired) electrons. The van der Waals surface area contributed by atoms with Gasteiger partial charge in [-0.25, -0.2) is 4.98 Å². The first-order chi connectivity index (χ1) is 31.2. The summed E-state index contributed by atoms with van der Waals surface area (Å²) in [5.74, 6) is 0. The predicted octanol–water partition coefficient (Wildman–Crippen LogP) is 16.1. The number of para-hydroxylation sites is 1. The van der Waals surface area contributed by atoms with Crippen LogP contribution in [0.4, 0.5) is 0 Å². The molecule has 1 spiro atoms. The topological polar surface area (TPSA) is 12.9 Å². The molecular weight excluding hydrogens is 759 g/mol. The zero-order chi connectivity index (χ0) is 41.5. The molecule has 0 unspecified atom stereocenters. The Bertz CT molecular complexity index is 3530. The van der Waals surface area contributed by atoms with Crippen molar-refractivity contribution in [3.8, 4) is 78.0 Å². The maximum atomic E-state index is 5.11. The molecule has 0 fully saturated rings. The molecule has 1 heterocycles. The summed E-state index contributed by atoms with van der Waals surface area (Å²) in [6.45, 7) is 0. The molecule has 10 aromatic carbocycles. The Morgan fingerprint density at radius 1 is 0.254 bits per heavy atom. The Balaban J connectivity index is 0.834.